The van der Waals surface area contributed by atoms with Gasteiger partial charge in [0, 0.05) is 60.6 Å². The molecular formula is C27H31N3O4. The van der Waals surface area contributed by atoms with Gasteiger partial charge in [0.15, 0.2) is 11.5 Å². The molecule has 5 heterocycles. The molecule has 2 N–H and O–H groups in total. The van der Waals surface area contributed by atoms with E-state index in [-0.39, 0.29) is 6.61 Å². The Morgan fingerprint density at radius 3 is 2.76 bits per heavy atom. The van der Waals surface area contributed by atoms with Crippen molar-refractivity contribution in [3.63, 3.8) is 0 Å². The molecule has 4 aliphatic heterocycles. The van der Waals surface area contributed by atoms with Crippen LogP contribution in [-0.2, 0) is 0 Å². The first-order valence-corrected chi connectivity index (χ1v) is 12.2. The summed E-state index contributed by atoms with van der Waals surface area (Å²) in [6.07, 6.45) is 7.91. The van der Waals surface area contributed by atoms with Crippen molar-refractivity contribution in [2.24, 2.45) is 0 Å². The highest BCUT2D eigenvalue weighted by molar-refractivity contribution is 5.85. The van der Waals surface area contributed by atoms with E-state index in [9.17, 15) is 5.11 Å². The fourth-order valence-electron chi connectivity index (χ4n) is 5.38. The van der Waals surface area contributed by atoms with E-state index in [1.54, 1.807) is 0 Å². The predicted molar refractivity (Wildman–Crippen MR) is 132 cm³/mol. The zero-order chi connectivity index (χ0) is 22.9. The van der Waals surface area contributed by atoms with Crippen LogP contribution in [0.4, 0.5) is 5.69 Å². The van der Waals surface area contributed by atoms with Crippen molar-refractivity contribution >= 4 is 16.6 Å². The van der Waals surface area contributed by atoms with Crippen LogP contribution in [0.25, 0.3) is 10.9 Å². The smallest absolute Gasteiger partial charge is 0.163 e. The molecule has 0 radical (unpaired) electrons. The van der Waals surface area contributed by atoms with Gasteiger partial charge in [0.05, 0.1) is 0 Å². The molecule has 1 aromatic heterocycles. The zero-order valence-corrected chi connectivity index (χ0v) is 19.2. The molecule has 4 aliphatic rings. The molecule has 7 rings (SSSR count). The number of benzene rings is 2. The minimum atomic E-state index is -0.554. The third-order valence-electron chi connectivity index (χ3n) is 7.08. The van der Waals surface area contributed by atoms with Gasteiger partial charge in [-0.1, -0.05) is 18.2 Å². The molecule has 0 aliphatic carbocycles. The number of hydrogen-bond donors (Lipinski definition) is 2. The van der Waals surface area contributed by atoms with Crippen LogP contribution in [0, 0.1) is 0 Å². The molecule has 3 aromatic rings. The second-order valence-electron chi connectivity index (χ2n) is 9.34. The number of hydrogen-bond acceptors (Lipinski definition) is 6. The van der Waals surface area contributed by atoms with E-state index in [2.05, 4.69) is 39.1 Å². The Hall–Kier alpha value is -3.16. The van der Waals surface area contributed by atoms with Gasteiger partial charge in [0.25, 0.3) is 0 Å². The summed E-state index contributed by atoms with van der Waals surface area (Å²) in [5.74, 6) is 2.46. The molecule has 0 saturated carbocycles. The summed E-state index contributed by atoms with van der Waals surface area (Å²) in [4.78, 5) is 8.14. The maximum atomic E-state index is 10.9. The van der Waals surface area contributed by atoms with E-state index in [1.165, 1.54) is 5.69 Å². The molecule has 2 aromatic carbocycles. The lowest BCUT2D eigenvalue weighted by Gasteiger charge is -2.49. The molecule has 178 valence electrons. The predicted octanol–water partition coefficient (Wildman–Crippen LogP) is 3.59. The van der Waals surface area contributed by atoms with Crippen LogP contribution in [0.3, 0.4) is 0 Å². The average Bonchev–Trinajstić information content (AvgIpc) is 3.33. The van der Waals surface area contributed by atoms with Crippen molar-refractivity contribution < 1.29 is 19.3 Å². The number of ether oxygens (including phenoxy) is 3. The van der Waals surface area contributed by atoms with Gasteiger partial charge < -0.3 is 29.2 Å². The summed E-state index contributed by atoms with van der Waals surface area (Å²) in [6.45, 7) is 3.91. The Bertz CT molecular complexity index is 1180. The molecule has 2 bridgehead atoms. The van der Waals surface area contributed by atoms with E-state index in [1.807, 2.05) is 36.5 Å². The summed E-state index contributed by atoms with van der Waals surface area (Å²) in [7, 11) is 0. The number of rotatable bonds is 6. The molecule has 34 heavy (non-hydrogen) atoms. The molecule has 0 spiro atoms. The van der Waals surface area contributed by atoms with E-state index in [0.717, 1.165) is 54.1 Å². The number of piperazine rings is 1. The van der Waals surface area contributed by atoms with Gasteiger partial charge in [-0.15, -0.1) is 0 Å². The lowest BCUT2D eigenvalue weighted by Crippen LogP contribution is -2.60. The largest absolute Gasteiger partial charge is 0.490 e. The number of nitrogens with one attached hydrogen (secondary N) is 1. The maximum absolute atomic E-state index is 10.9. The van der Waals surface area contributed by atoms with Crippen molar-refractivity contribution in [3.8, 4) is 17.2 Å². The minimum Gasteiger partial charge on any atom is -0.490 e. The van der Waals surface area contributed by atoms with Crippen LogP contribution < -0.4 is 19.1 Å². The standard InChI is InChI=1S/C27H31N3O4/c31-22(18-34-25-7-3-6-24-23(25)10-11-28-24)17-29-15-21-5-2-1-4-20(29)16-30(21)19-8-9-26-27(14-19)33-13-12-32-26/h1-3,6-11,14,20-22,28,31H,4-5,12-13,15-18H2/b2-1-/t20-,21-,22-/m0/s1. The topological polar surface area (TPSA) is 70.2 Å². The summed E-state index contributed by atoms with van der Waals surface area (Å²) < 4.78 is 17.5. The Balaban J connectivity index is 1.13. The first-order valence-electron chi connectivity index (χ1n) is 12.2. The zero-order valence-electron chi connectivity index (χ0n) is 19.2. The SMILES string of the molecule is O[C@H](COc1cccc2[nH]ccc12)CN1C[C@@H]2C/C=C\C[C@H]1CN2c1ccc2c(c1)OCCO2. The van der Waals surface area contributed by atoms with Gasteiger partial charge in [-0.25, -0.2) is 0 Å². The quantitative estimate of drug-likeness (QED) is 0.547. The van der Waals surface area contributed by atoms with E-state index in [4.69, 9.17) is 14.2 Å². The highest BCUT2D eigenvalue weighted by Crippen LogP contribution is 2.37. The first-order chi connectivity index (χ1) is 16.7. The molecule has 1 saturated heterocycles. The Morgan fingerprint density at radius 1 is 1.00 bits per heavy atom. The molecule has 7 heteroatoms. The molecule has 7 nitrogen and oxygen atoms in total. The monoisotopic (exact) mass is 461 g/mol. The van der Waals surface area contributed by atoms with Crippen molar-refractivity contribution in [3.05, 3.63) is 60.8 Å². The van der Waals surface area contributed by atoms with Gasteiger partial charge in [-0.3, -0.25) is 4.90 Å². The van der Waals surface area contributed by atoms with Crippen LogP contribution in [0.15, 0.2) is 60.8 Å². The first kappa shape index (κ1) is 21.4. The van der Waals surface area contributed by atoms with Crippen LogP contribution in [0.1, 0.15) is 12.8 Å². The number of anilines is 1. The summed E-state index contributed by atoms with van der Waals surface area (Å²) >= 11 is 0. The number of H-pyrrole nitrogens is 1. The van der Waals surface area contributed by atoms with E-state index < -0.39 is 6.10 Å². The number of aliphatic hydroxyl groups is 1. The minimum absolute atomic E-state index is 0.278. The second kappa shape index (κ2) is 9.24. The van der Waals surface area contributed by atoms with Crippen LogP contribution in [0.2, 0.25) is 0 Å². The fourth-order valence-corrected chi connectivity index (χ4v) is 5.38. The third kappa shape index (κ3) is 4.21. The fraction of sp³-hybridized carbons (Fsp3) is 0.407. The molecule has 3 atom stereocenters. The number of fused-ring (bicyclic) bond motifs is 6. The molecule has 1 fully saturated rings. The summed E-state index contributed by atoms with van der Waals surface area (Å²) in [5, 5.41) is 11.9. The normalized spacial score (nSPS) is 24.0. The number of aromatic nitrogens is 1. The van der Waals surface area contributed by atoms with Gasteiger partial charge in [0.2, 0.25) is 0 Å². The summed E-state index contributed by atoms with van der Waals surface area (Å²) in [5.41, 5.74) is 2.22. The number of aliphatic hydroxyl groups excluding tert-OH is 1. The van der Waals surface area contributed by atoms with Gasteiger partial charge in [-0.2, -0.15) is 0 Å². The second-order valence-corrected chi connectivity index (χ2v) is 9.34. The Kier molecular flexibility index (Phi) is 5.81. The van der Waals surface area contributed by atoms with E-state index in [0.29, 0.717) is 31.8 Å². The maximum Gasteiger partial charge on any atom is 0.163 e. The van der Waals surface area contributed by atoms with Crippen molar-refractivity contribution in [1.29, 1.82) is 0 Å². The van der Waals surface area contributed by atoms with Gasteiger partial charge >= 0.3 is 0 Å². The van der Waals surface area contributed by atoms with Crippen LogP contribution in [-0.4, -0.2) is 72.6 Å². The summed E-state index contributed by atoms with van der Waals surface area (Å²) in [6, 6.07) is 14.9. The van der Waals surface area contributed by atoms with Crippen LogP contribution >= 0.6 is 0 Å². The van der Waals surface area contributed by atoms with Crippen LogP contribution in [0.5, 0.6) is 17.2 Å². The van der Waals surface area contributed by atoms with Gasteiger partial charge in [0.1, 0.15) is 31.7 Å². The Morgan fingerprint density at radius 2 is 1.85 bits per heavy atom. The molecule has 0 amide bonds. The highest BCUT2D eigenvalue weighted by Gasteiger charge is 2.35. The molecule has 0 unspecified atom stereocenters. The van der Waals surface area contributed by atoms with Gasteiger partial charge in [-0.05, 0) is 43.2 Å². The Labute approximate surface area is 199 Å². The van der Waals surface area contributed by atoms with Crippen molar-refractivity contribution in [1.82, 2.24) is 9.88 Å². The lowest BCUT2D eigenvalue weighted by atomic mass is 9.96. The van der Waals surface area contributed by atoms with Crippen molar-refractivity contribution in [2.45, 2.75) is 31.0 Å². The lowest BCUT2D eigenvalue weighted by molar-refractivity contribution is 0.0408. The number of nitrogens with zero attached hydrogens (tertiary/aromatic N) is 2. The number of aromatic amines is 1. The van der Waals surface area contributed by atoms with E-state index >= 15 is 0 Å². The highest BCUT2D eigenvalue weighted by atomic mass is 16.6. The van der Waals surface area contributed by atoms with Crippen molar-refractivity contribution in [2.75, 3.05) is 44.4 Å². The molecular weight excluding hydrogens is 430 g/mol. The average molecular weight is 462 g/mol. The third-order valence-corrected chi connectivity index (χ3v) is 7.08.